The number of amides is 1. The lowest BCUT2D eigenvalue weighted by atomic mass is 10.0. The molecular weight excluding hydrogens is 396 g/mol. The van der Waals surface area contributed by atoms with Gasteiger partial charge in [-0.3, -0.25) is 4.79 Å². The van der Waals surface area contributed by atoms with Gasteiger partial charge in [0.1, 0.15) is 0 Å². The first-order valence-electron chi connectivity index (χ1n) is 10.2. The van der Waals surface area contributed by atoms with Crippen LogP contribution in [0.3, 0.4) is 0 Å². The molecule has 2 heterocycles. The zero-order chi connectivity index (χ0) is 21.1. The minimum absolute atomic E-state index is 0.0483. The number of ether oxygens (including phenoxy) is 1. The molecule has 0 fully saturated rings. The van der Waals surface area contributed by atoms with Crippen LogP contribution < -0.4 is 5.32 Å². The Morgan fingerprint density at radius 1 is 1.23 bits per heavy atom. The highest BCUT2D eigenvalue weighted by Gasteiger charge is 2.28. The van der Waals surface area contributed by atoms with Crippen LogP contribution >= 0.6 is 11.3 Å². The number of nitrogens with zero attached hydrogens (tertiary/aromatic N) is 1. The van der Waals surface area contributed by atoms with Gasteiger partial charge in [0.15, 0.2) is 6.61 Å². The van der Waals surface area contributed by atoms with Gasteiger partial charge in [0.2, 0.25) is 0 Å². The Balaban J connectivity index is 1.68. The van der Waals surface area contributed by atoms with Crippen LogP contribution in [0.1, 0.15) is 53.2 Å². The summed E-state index contributed by atoms with van der Waals surface area (Å²) < 4.78 is 5.41. The van der Waals surface area contributed by atoms with Crippen molar-refractivity contribution in [3.8, 4) is 0 Å². The molecular formula is C24H24N2O3S. The molecule has 1 amide bonds. The van der Waals surface area contributed by atoms with Crippen LogP contribution in [0.4, 0.5) is 0 Å². The number of fused-ring (bicyclic) bond motifs is 2. The minimum Gasteiger partial charge on any atom is -0.452 e. The van der Waals surface area contributed by atoms with Crippen LogP contribution in [-0.2, 0) is 16.0 Å². The van der Waals surface area contributed by atoms with Crippen LogP contribution in [0.2, 0.25) is 0 Å². The maximum Gasteiger partial charge on any atom is 0.339 e. The lowest BCUT2D eigenvalue weighted by Crippen LogP contribution is -2.35. The SMILES string of the molecule is CC[C@H](C)NC(=O)COC(=O)c1c2c(nc3ccccc13)/C(=C/c1cccs1)CC2. The van der Waals surface area contributed by atoms with Crippen molar-refractivity contribution in [3.63, 3.8) is 0 Å². The smallest absolute Gasteiger partial charge is 0.339 e. The number of nitrogens with one attached hydrogen (secondary N) is 1. The van der Waals surface area contributed by atoms with Gasteiger partial charge in [-0.05, 0) is 60.9 Å². The molecule has 0 unspecified atom stereocenters. The number of carbonyl (C=O) groups is 2. The van der Waals surface area contributed by atoms with E-state index in [4.69, 9.17) is 9.72 Å². The molecule has 6 heteroatoms. The predicted octanol–water partition coefficient (Wildman–Crippen LogP) is 4.85. The number of thiophene rings is 1. The molecule has 1 atom stereocenters. The Morgan fingerprint density at radius 2 is 2.07 bits per heavy atom. The van der Waals surface area contributed by atoms with Gasteiger partial charge in [-0.25, -0.2) is 9.78 Å². The Labute approximate surface area is 179 Å². The largest absolute Gasteiger partial charge is 0.452 e. The molecule has 0 aliphatic heterocycles. The highest BCUT2D eigenvalue weighted by molar-refractivity contribution is 7.10. The molecule has 0 bridgehead atoms. The quantitative estimate of drug-likeness (QED) is 0.579. The van der Waals surface area contributed by atoms with Crippen LogP contribution in [0.25, 0.3) is 22.6 Å². The maximum absolute atomic E-state index is 13.1. The van der Waals surface area contributed by atoms with E-state index in [1.165, 1.54) is 4.88 Å². The summed E-state index contributed by atoms with van der Waals surface area (Å²) in [6.07, 6.45) is 4.52. The van der Waals surface area contributed by atoms with E-state index in [0.29, 0.717) is 5.56 Å². The molecule has 1 aliphatic rings. The van der Waals surface area contributed by atoms with Gasteiger partial charge < -0.3 is 10.1 Å². The van der Waals surface area contributed by atoms with Crippen molar-refractivity contribution < 1.29 is 14.3 Å². The molecule has 30 heavy (non-hydrogen) atoms. The van der Waals surface area contributed by atoms with Crippen LogP contribution in [-0.4, -0.2) is 29.5 Å². The lowest BCUT2D eigenvalue weighted by Gasteiger charge is -2.14. The van der Waals surface area contributed by atoms with Crippen molar-refractivity contribution >= 4 is 45.8 Å². The summed E-state index contributed by atoms with van der Waals surface area (Å²) in [5.74, 6) is -0.757. The van der Waals surface area contributed by atoms with E-state index in [0.717, 1.165) is 47.0 Å². The molecule has 154 valence electrons. The van der Waals surface area contributed by atoms with E-state index >= 15 is 0 Å². The highest BCUT2D eigenvalue weighted by atomic mass is 32.1. The van der Waals surface area contributed by atoms with Crippen molar-refractivity contribution in [2.75, 3.05) is 6.61 Å². The van der Waals surface area contributed by atoms with E-state index in [1.54, 1.807) is 11.3 Å². The summed E-state index contributed by atoms with van der Waals surface area (Å²) in [6.45, 7) is 3.63. The summed E-state index contributed by atoms with van der Waals surface area (Å²) in [4.78, 5) is 31.1. The van der Waals surface area contributed by atoms with Gasteiger partial charge in [-0.15, -0.1) is 11.3 Å². The summed E-state index contributed by atoms with van der Waals surface area (Å²) in [5.41, 5.74) is 4.18. The van der Waals surface area contributed by atoms with E-state index in [2.05, 4.69) is 17.5 Å². The van der Waals surface area contributed by atoms with E-state index in [-0.39, 0.29) is 18.6 Å². The number of pyridine rings is 1. The first-order valence-corrected chi connectivity index (χ1v) is 11.1. The normalized spacial score (nSPS) is 15.2. The molecule has 1 aromatic carbocycles. The molecule has 0 radical (unpaired) electrons. The van der Waals surface area contributed by atoms with Crippen molar-refractivity contribution in [2.45, 2.75) is 39.2 Å². The number of aromatic nitrogens is 1. The number of para-hydroxylation sites is 1. The van der Waals surface area contributed by atoms with Crippen LogP contribution in [0.5, 0.6) is 0 Å². The number of esters is 1. The number of hydrogen-bond donors (Lipinski definition) is 1. The fourth-order valence-electron chi connectivity index (χ4n) is 3.68. The number of benzene rings is 1. The average Bonchev–Trinajstić information content (AvgIpc) is 3.40. The van der Waals surface area contributed by atoms with Crippen molar-refractivity contribution in [3.05, 3.63) is 63.5 Å². The number of allylic oxidation sites excluding steroid dienone is 1. The molecule has 4 rings (SSSR count). The molecule has 1 N–H and O–H groups in total. The fourth-order valence-corrected chi connectivity index (χ4v) is 4.36. The lowest BCUT2D eigenvalue weighted by molar-refractivity contribution is -0.124. The predicted molar refractivity (Wildman–Crippen MR) is 120 cm³/mol. The van der Waals surface area contributed by atoms with Crippen LogP contribution in [0.15, 0.2) is 41.8 Å². The van der Waals surface area contributed by atoms with E-state index < -0.39 is 5.97 Å². The van der Waals surface area contributed by atoms with Crippen molar-refractivity contribution in [2.24, 2.45) is 0 Å². The second-order valence-electron chi connectivity index (χ2n) is 7.47. The Morgan fingerprint density at radius 3 is 2.83 bits per heavy atom. The molecule has 1 aliphatic carbocycles. The van der Waals surface area contributed by atoms with E-state index in [9.17, 15) is 9.59 Å². The molecule has 5 nitrogen and oxygen atoms in total. The summed E-state index contributed by atoms with van der Waals surface area (Å²) in [7, 11) is 0. The minimum atomic E-state index is -0.471. The zero-order valence-electron chi connectivity index (χ0n) is 17.1. The Bertz CT molecular complexity index is 1120. The second-order valence-corrected chi connectivity index (χ2v) is 8.45. The van der Waals surface area contributed by atoms with Gasteiger partial charge in [0.05, 0.1) is 16.8 Å². The van der Waals surface area contributed by atoms with Crippen molar-refractivity contribution in [1.29, 1.82) is 0 Å². The number of carbonyl (C=O) groups excluding carboxylic acids is 2. The fraction of sp³-hybridized carbons (Fsp3) is 0.292. The average molecular weight is 421 g/mol. The molecule has 0 saturated heterocycles. The highest BCUT2D eigenvalue weighted by Crippen LogP contribution is 2.38. The van der Waals surface area contributed by atoms with Gasteiger partial charge in [-0.2, -0.15) is 0 Å². The zero-order valence-corrected chi connectivity index (χ0v) is 17.9. The summed E-state index contributed by atoms with van der Waals surface area (Å²) >= 11 is 1.68. The topological polar surface area (TPSA) is 68.3 Å². The molecule has 2 aromatic heterocycles. The van der Waals surface area contributed by atoms with Crippen molar-refractivity contribution in [1.82, 2.24) is 10.3 Å². The molecule has 0 spiro atoms. The Kier molecular flexibility index (Phi) is 5.95. The molecule has 0 saturated carbocycles. The standard InChI is InChI=1S/C24H24N2O3S/c1-3-15(2)25-21(27)14-29-24(28)22-18-8-4-5-9-20(18)26-23-16(10-11-19(22)23)13-17-7-6-12-30-17/h4-9,12-13,15H,3,10-11,14H2,1-2H3,(H,25,27)/b16-13+/t15-/m0/s1. The number of hydrogen-bond acceptors (Lipinski definition) is 5. The van der Waals surface area contributed by atoms with Gasteiger partial charge in [-0.1, -0.05) is 31.2 Å². The summed E-state index contributed by atoms with van der Waals surface area (Å²) in [6, 6.07) is 11.7. The summed E-state index contributed by atoms with van der Waals surface area (Å²) in [5, 5.41) is 5.63. The van der Waals surface area contributed by atoms with Gasteiger partial charge >= 0.3 is 5.97 Å². The third kappa shape index (κ3) is 4.14. The third-order valence-corrected chi connectivity index (χ3v) is 6.18. The first-order chi connectivity index (χ1) is 14.6. The first kappa shape index (κ1) is 20.3. The monoisotopic (exact) mass is 420 g/mol. The number of rotatable bonds is 6. The Hall–Kier alpha value is -2.99. The third-order valence-electron chi connectivity index (χ3n) is 5.36. The van der Waals surface area contributed by atoms with Gasteiger partial charge in [0, 0.05) is 16.3 Å². The van der Waals surface area contributed by atoms with Gasteiger partial charge in [0.25, 0.3) is 5.91 Å². The maximum atomic E-state index is 13.1. The molecule has 3 aromatic rings. The van der Waals surface area contributed by atoms with Crippen LogP contribution in [0, 0.1) is 0 Å². The van der Waals surface area contributed by atoms with E-state index in [1.807, 2.05) is 49.6 Å². The second kappa shape index (κ2) is 8.79.